The van der Waals surface area contributed by atoms with Crippen molar-refractivity contribution in [1.29, 1.82) is 0 Å². The van der Waals surface area contributed by atoms with Gasteiger partial charge < -0.3 is 14.8 Å². The predicted molar refractivity (Wildman–Crippen MR) is 47.0 cm³/mol. The molecule has 0 amide bonds. The van der Waals surface area contributed by atoms with Crippen LogP contribution >= 0.6 is 0 Å². The molecule has 1 aromatic carbocycles. The number of hydrogen-bond acceptors (Lipinski definition) is 3. The SMILES string of the molecule is COc1cc(F)cc(B(O)O)c1.[HH].[HH]. The third-order valence-corrected chi connectivity index (χ3v) is 1.43. The van der Waals surface area contributed by atoms with Crippen molar-refractivity contribution in [1.82, 2.24) is 0 Å². The van der Waals surface area contributed by atoms with Crippen LogP contribution in [0, 0.1) is 5.82 Å². The maximum absolute atomic E-state index is 12.7. The van der Waals surface area contributed by atoms with Crippen LogP contribution in [0.2, 0.25) is 0 Å². The average molecular weight is 174 g/mol. The summed E-state index contributed by atoms with van der Waals surface area (Å²) in [6, 6.07) is 3.55. The van der Waals surface area contributed by atoms with E-state index in [2.05, 4.69) is 0 Å². The summed E-state index contributed by atoms with van der Waals surface area (Å²) in [6.45, 7) is 0. The molecule has 0 radical (unpaired) electrons. The maximum Gasteiger partial charge on any atom is 0.488 e. The highest BCUT2D eigenvalue weighted by molar-refractivity contribution is 6.58. The van der Waals surface area contributed by atoms with Gasteiger partial charge in [0.2, 0.25) is 0 Å². The van der Waals surface area contributed by atoms with Crippen LogP contribution in [0.3, 0.4) is 0 Å². The van der Waals surface area contributed by atoms with Crippen LogP contribution in [-0.4, -0.2) is 24.3 Å². The Labute approximate surface area is 72.5 Å². The minimum atomic E-state index is -1.67. The molecule has 2 N–H and O–H groups in total. The minimum absolute atomic E-state index is 0. The van der Waals surface area contributed by atoms with Gasteiger partial charge in [-0.3, -0.25) is 0 Å². The van der Waals surface area contributed by atoms with Crippen LogP contribution in [0.25, 0.3) is 0 Å². The van der Waals surface area contributed by atoms with Gasteiger partial charge in [-0.05, 0) is 17.6 Å². The summed E-state index contributed by atoms with van der Waals surface area (Å²) in [5, 5.41) is 17.4. The average Bonchev–Trinajstić information content (AvgIpc) is 2.03. The molecular weight excluding hydrogens is 162 g/mol. The summed E-state index contributed by atoms with van der Waals surface area (Å²) in [4.78, 5) is 0. The van der Waals surface area contributed by atoms with Gasteiger partial charge in [0.25, 0.3) is 0 Å². The van der Waals surface area contributed by atoms with E-state index in [1.54, 1.807) is 0 Å². The Kier molecular flexibility index (Phi) is 2.67. The van der Waals surface area contributed by atoms with Gasteiger partial charge in [-0.15, -0.1) is 0 Å². The first kappa shape index (κ1) is 9.03. The Morgan fingerprint density at radius 2 is 2.08 bits per heavy atom. The van der Waals surface area contributed by atoms with Gasteiger partial charge >= 0.3 is 7.12 Å². The Bertz CT molecular complexity index is 286. The largest absolute Gasteiger partial charge is 0.497 e. The first-order valence-electron chi connectivity index (χ1n) is 3.34. The van der Waals surface area contributed by atoms with E-state index in [-0.39, 0.29) is 14.1 Å². The lowest BCUT2D eigenvalue weighted by Gasteiger charge is -2.03. The fourth-order valence-corrected chi connectivity index (χ4v) is 0.851. The van der Waals surface area contributed by atoms with E-state index >= 15 is 0 Å². The first-order chi connectivity index (χ1) is 5.63. The van der Waals surface area contributed by atoms with Crippen molar-refractivity contribution in [3.8, 4) is 5.75 Å². The molecule has 0 aliphatic heterocycles. The van der Waals surface area contributed by atoms with Crippen molar-refractivity contribution in [2.24, 2.45) is 0 Å². The zero-order valence-corrected chi connectivity index (χ0v) is 6.49. The van der Waals surface area contributed by atoms with Crippen molar-refractivity contribution in [3.63, 3.8) is 0 Å². The monoisotopic (exact) mass is 174 g/mol. The van der Waals surface area contributed by atoms with Crippen LogP contribution in [0.5, 0.6) is 5.75 Å². The van der Waals surface area contributed by atoms with Crippen molar-refractivity contribution < 1.29 is 22.0 Å². The Hall–Kier alpha value is -1.07. The predicted octanol–water partition coefficient (Wildman–Crippen LogP) is 0.00610. The Balaban J connectivity index is 0. The first-order valence-corrected chi connectivity index (χ1v) is 3.34. The van der Waals surface area contributed by atoms with E-state index < -0.39 is 12.9 Å². The smallest absolute Gasteiger partial charge is 0.488 e. The van der Waals surface area contributed by atoms with E-state index in [0.717, 1.165) is 12.1 Å². The summed E-state index contributed by atoms with van der Waals surface area (Å²) in [5.41, 5.74) is 0.0758. The highest BCUT2D eigenvalue weighted by atomic mass is 19.1. The molecule has 0 aliphatic carbocycles. The molecule has 0 saturated heterocycles. The highest BCUT2D eigenvalue weighted by Crippen LogP contribution is 2.09. The van der Waals surface area contributed by atoms with Gasteiger partial charge in [-0.2, -0.15) is 0 Å². The summed E-state index contributed by atoms with van der Waals surface area (Å²) >= 11 is 0. The fraction of sp³-hybridized carbons (Fsp3) is 0.143. The minimum Gasteiger partial charge on any atom is -0.497 e. The van der Waals surface area contributed by atoms with Crippen LogP contribution < -0.4 is 10.2 Å². The van der Waals surface area contributed by atoms with Crippen LogP contribution in [0.1, 0.15) is 2.85 Å². The Morgan fingerprint density at radius 1 is 1.42 bits per heavy atom. The molecule has 0 heterocycles. The molecule has 0 aliphatic rings. The van der Waals surface area contributed by atoms with Gasteiger partial charge in [-0.1, -0.05) is 0 Å². The van der Waals surface area contributed by atoms with Gasteiger partial charge in [-0.25, -0.2) is 4.39 Å². The van der Waals surface area contributed by atoms with Crippen molar-refractivity contribution >= 4 is 12.6 Å². The normalized spacial score (nSPS) is 9.67. The second kappa shape index (κ2) is 3.56. The molecule has 3 nitrogen and oxygen atoms in total. The molecule has 1 aromatic rings. The fourth-order valence-electron chi connectivity index (χ4n) is 0.851. The third kappa shape index (κ3) is 1.96. The summed E-state index contributed by atoms with van der Waals surface area (Å²) < 4.78 is 17.4. The quantitative estimate of drug-likeness (QED) is 0.620. The van der Waals surface area contributed by atoms with E-state index in [0.29, 0.717) is 0 Å². The highest BCUT2D eigenvalue weighted by Gasteiger charge is 2.12. The number of methoxy groups -OCH3 is 1. The van der Waals surface area contributed by atoms with Gasteiger partial charge in [0.15, 0.2) is 0 Å². The summed E-state index contributed by atoms with van der Waals surface area (Å²) in [5.74, 6) is -0.296. The summed E-state index contributed by atoms with van der Waals surface area (Å²) in [7, 11) is -0.294. The molecule has 12 heavy (non-hydrogen) atoms. The zero-order chi connectivity index (χ0) is 9.14. The number of hydrogen-bond donors (Lipinski definition) is 2. The molecular formula is C7H12BFO3. The molecule has 1 rings (SSSR count). The molecule has 0 saturated carbocycles. The van der Waals surface area contributed by atoms with Gasteiger partial charge in [0.05, 0.1) is 7.11 Å². The second-order valence-electron chi connectivity index (χ2n) is 2.30. The van der Waals surface area contributed by atoms with E-state index in [9.17, 15) is 4.39 Å². The van der Waals surface area contributed by atoms with Crippen molar-refractivity contribution in [3.05, 3.63) is 24.0 Å². The van der Waals surface area contributed by atoms with Crippen molar-refractivity contribution in [2.75, 3.05) is 7.11 Å². The van der Waals surface area contributed by atoms with E-state index in [1.165, 1.54) is 13.2 Å². The molecule has 5 heteroatoms. The molecule has 0 fully saturated rings. The standard InChI is InChI=1S/C7H8BFO3.2H2/c1-12-7-3-5(8(10)11)2-6(9)4-7;;/h2-4,10-11H,1H3;2*1H. The van der Waals surface area contributed by atoms with Crippen LogP contribution in [0.15, 0.2) is 18.2 Å². The van der Waals surface area contributed by atoms with Crippen LogP contribution in [0.4, 0.5) is 4.39 Å². The maximum atomic E-state index is 12.7. The lowest BCUT2D eigenvalue weighted by atomic mass is 9.80. The molecule has 0 bridgehead atoms. The lowest BCUT2D eigenvalue weighted by molar-refractivity contribution is 0.408. The second-order valence-corrected chi connectivity index (χ2v) is 2.30. The molecule has 0 spiro atoms. The third-order valence-electron chi connectivity index (χ3n) is 1.43. The van der Waals surface area contributed by atoms with Crippen molar-refractivity contribution in [2.45, 2.75) is 0 Å². The van der Waals surface area contributed by atoms with Gasteiger partial charge in [0.1, 0.15) is 11.6 Å². The van der Waals surface area contributed by atoms with E-state index in [4.69, 9.17) is 14.8 Å². The topological polar surface area (TPSA) is 49.7 Å². The van der Waals surface area contributed by atoms with E-state index in [1.807, 2.05) is 0 Å². The molecule has 0 atom stereocenters. The Morgan fingerprint density at radius 3 is 2.58 bits per heavy atom. The lowest BCUT2D eigenvalue weighted by Crippen LogP contribution is -2.30. The number of halogens is 1. The molecule has 0 aromatic heterocycles. The van der Waals surface area contributed by atoms with Gasteiger partial charge in [0, 0.05) is 8.92 Å². The number of rotatable bonds is 2. The zero-order valence-electron chi connectivity index (χ0n) is 6.49. The number of ether oxygens (including phenoxy) is 1. The summed E-state index contributed by atoms with van der Waals surface area (Å²) in [6.07, 6.45) is 0. The molecule has 68 valence electrons. The molecule has 0 unspecified atom stereocenters. The van der Waals surface area contributed by atoms with Crippen LogP contribution in [-0.2, 0) is 0 Å². The number of benzene rings is 1.